The maximum Gasteiger partial charge on any atom is 0.338 e. The van der Waals surface area contributed by atoms with E-state index in [0.29, 0.717) is 66.1 Å². The summed E-state index contributed by atoms with van der Waals surface area (Å²) in [7, 11) is 0. The van der Waals surface area contributed by atoms with Gasteiger partial charge in [0.05, 0.1) is 43.1 Å². The van der Waals surface area contributed by atoms with Gasteiger partial charge in [0.15, 0.2) is 17.5 Å². The van der Waals surface area contributed by atoms with Gasteiger partial charge in [-0.3, -0.25) is 0 Å². The van der Waals surface area contributed by atoms with E-state index in [9.17, 15) is 9.59 Å². The number of carbonyl (C=O) groups excluding carboxylic acids is 2. The van der Waals surface area contributed by atoms with Crippen molar-refractivity contribution in [2.45, 2.75) is 92.9 Å². The van der Waals surface area contributed by atoms with Crippen molar-refractivity contribution in [1.29, 1.82) is 0 Å². The predicted molar refractivity (Wildman–Crippen MR) is 219 cm³/mol. The highest BCUT2D eigenvalue weighted by Crippen LogP contribution is 2.39. The van der Waals surface area contributed by atoms with E-state index in [1.165, 1.54) is 0 Å². The van der Waals surface area contributed by atoms with Crippen molar-refractivity contribution in [2.24, 2.45) is 0 Å². The fraction of sp³-hybridized carbons (Fsp3) is 0.400. The van der Waals surface area contributed by atoms with Gasteiger partial charge in [0.2, 0.25) is 0 Å². The number of ether oxygens (including phenoxy) is 6. The first-order valence-corrected chi connectivity index (χ1v) is 19.5. The van der Waals surface area contributed by atoms with Crippen LogP contribution in [0.3, 0.4) is 0 Å². The number of hydrogen-bond acceptors (Lipinski definition) is 11. The Morgan fingerprint density at radius 1 is 0.482 bits per heavy atom. The zero-order chi connectivity index (χ0) is 40.5. The van der Waals surface area contributed by atoms with Crippen LogP contribution in [0.4, 0.5) is 0 Å². The Morgan fingerprint density at radius 3 is 1.11 bits per heavy atom. The second-order valence-corrected chi connectivity index (χ2v) is 13.4. The molecule has 0 atom stereocenters. The minimum absolute atomic E-state index is 0.169. The predicted octanol–water partition coefficient (Wildman–Crippen LogP) is 10.6. The molecule has 11 heteroatoms. The molecule has 11 nitrogen and oxygen atoms in total. The summed E-state index contributed by atoms with van der Waals surface area (Å²) >= 11 is 0. The van der Waals surface area contributed by atoms with Gasteiger partial charge in [-0.1, -0.05) is 66.5 Å². The third kappa shape index (κ3) is 12.4. The summed E-state index contributed by atoms with van der Waals surface area (Å²) in [5.41, 5.74) is 1.78. The number of carbonyl (C=O) groups is 2. The van der Waals surface area contributed by atoms with Crippen molar-refractivity contribution in [2.75, 3.05) is 26.4 Å². The molecule has 1 aromatic heterocycles. The molecule has 0 bridgehead atoms. The smallest absolute Gasteiger partial charge is 0.338 e. The van der Waals surface area contributed by atoms with Gasteiger partial charge in [0.25, 0.3) is 0 Å². The number of unbranched alkanes of at least 4 members (excludes halogenated alkanes) is 4. The molecule has 56 heavy (non-hydrogen) atoms. The fourth-order valence-corrected chi connectivity index (χ4v) is 5.06. The molecule has 0 spiro atoms. The largest absolute Gasteiger partial charge is 0.493 e. The van der Waals surface area contributed by atoms with Crippen LogP contribution in [0.25, 0.3) is 34.2 Å². The number of benzene rings is 3. The topological polar surface area (TPSA) is 128 Å². The first-order valence-electron chi connectivity index (χ1n) is 19.5. The van der Waals surface area contributed by atoms with Crippen LogP contribution in [0.2, 0.25) is 0 Å². The quantitative estimate of drug-likeness (QED) is 0.0310. The van der Waals surface area contributed by atoms with Crippen LogP contribution in [0, 0.1) is 0 Å². The minimum atomic E-state index is -0.621. The van der Waals surface area contributed by atoms with Crippen LogP contribution in [-0.4, -0.2) is 53.3 Å². The summed E-state index contributed by atoms with van der Waals surface area (Å²) in [6, 6.07) is 15.8. The molecule has 0 saturated carbocycles. The standard InChI is InChI=1S/C45H55N3O8/c1-9-13-23-51-32-17-20-35(38(27-32)54-26-16-12-4)41-46-42(36-21-18-33(52-24-14-10-2)28-39(36)55-44(49)30(5)6)48-43(47-41)37-22-19-34(53-25-15-11-3)29-40(37)56-45(50)31(7)8/h17-22,27-29H,5,7,9-16,23-26H2,1-4,6,8H3. The highest BCUT2D eigenvalue weighted by atomic mass is 16.5. The third-order valence-electron chi connectivity index (χ3n) is 8.37. The maximum atomic E-state index is 13.0. The van der Waals surface area contributed by atoms with Crippen LogP contribution in [0.15, 0.2) is 78.9 Å². The Kier molecular flexibility index (Phi) is 16.9. The molecule has 4 rings (SSSR count). The van der Waals surface area contributed by atoms with E-state index >= 15 is 0 Å². The van der Waals surface area contributed by atoms with Crippen LogP contribution >= 0.6 is 0 Å². The lowest BCUT2D eigenvalue weighted by Gasteiger charge is -2.17. The molecule has 298 valence electrons. The van der Waals surface area contributed by atoms with Gasteiger partial charge in [0, 0.05) is 29.3 Å². The van der Waals surface area contributed by atoms with Crippen molar-refractivity contribution in [3.8, 4) is 68.7 Å². The van der Waals surface area contributed by atoms with Gasteiger partial charge in [0.1, 0.15) is 34.5 Å². The van der Waals surface area contributed by atoms with Crippen molar-refractivity contribution >= 4 is 11.9 Å². The molecule has 0 aliphatic carbocycles. The van der Waals surface area contributed by atoms with E-state index in [1.807, 2.05) is 18.2 Å². The molecule has 0 saturated heterocycles. The molecule has 4 aromatic rings. The number of rotatable bonds is 23. The molecule has 3 aromatic carbocycles. The van der Waals surface area contributed by atoms with E-state index in [4.69, 9.17) is 43.4 Å². The minimum Gasteiger partial charge on any atom is -0.493 e. The lowest BCUT2D eigenvalue weighted by Crippen LogP contribution is -2.11. The molecule has 0 aliphatic heterocycles. The van der Waals surface area contributed by atoms with Gasteiger partial charge in [-0.2, -0.15) is 0 Å². The summed E-state index contributed by atoms with van der Waals surface area (Å²) in [5, 5.41) is 0. The summed E-state index contributed by atoms with van der Waals surface area (Å²) in [6.45, 7) is 21.0. The lowest BCUT2D eigenvalue weighted by molar-refractivity contribution is -0.130. The summed E-state index contributed by atoms with van der Waals surface area (Å²) in [6.07, 6.45) is 7.31. The summed E-state index contributed by atoms with van der Waals surface area (Å²) in [5.74, 6) is 1.92. The van der Waals surface area contributed by atoms with Gasteiger partial charge in [-0.25, -0.2) is 24.5 Å². The Bertz CT molecular complexity index is 1870. The highest BCUT2D eigenvalue weighted by molar-refractivity contribution is 5.91. The van der Waals surface area contributed by atoms with Gasteiger partial charge in [-0.05, 0) is 75.9 Å². The second kappa shape index (κ2) is 22.0. The second-order valence-electron chi connectivity index (χ2n) is 13.4. The molecular weight excluding hydrogens is 711 g/mol. The van der Waals surface area contributed by atoms with Crippen molar-refractivity contribution in [3.05, 3.63) is 78.9 Å². The van der Waals surface area contributed by atoms with Gasteiger partial charge < -0.3 is 28.4 Å². The Morgan fingerprint density at radius 2 is 0.786 bits per heavy atom. The summed E-state index contributed by atoms with van der Waals surface area (Å²) in [4.78, 5) is 40.7. The molecule has 0 amide bonds. The third-order valence-corrected chi connectivity index (χ3v) is 8.37. The number of hydrogen-bond donors (Lipinski definition) is 0. The summed E-state index contributed by atoms with van der Waals surface area (Å²) < 4.78 is 36.0. The van der Waals surface area contributed by atoms with Crippen LogP contribution in [-0.2, 0) is 9.59 Å². The van der Waals surface area contributed by atoms with Crippen molar-refractivity contribution in [3.63, 3.8) is 0 Å². The van der Waals surface area contributed by atoms with Crippen molar-refractivity contribution < 1.29 is 38.0 Å². The number of nitrogens with zero attached hydrogens (tertiary/aromatic N) is 3. The van der Waals surface area contributed by atoms with Gasteiger partial charge >= 0.3 is 11.9 Å². The van der Waals surface area contributed by atoms with Gasteiger partial charge in [-0.15, -0.1) is 0 Å². The van der Waals surface area contributed by atoms with E-state index < -0.39 is 11.9 Å². The first-order chi connectivity index (χ1) is 27.1. The number of aromatic nitrogens is 3. The molecular formula is C45H55N3O8. The molecule has 0 radical (unpaired) electrons. The zero-order valence-corrected chi connectivity index (χ0v) is 33.7. The Hall–Kier alpha value is -5.71. The molecule has 0 fully saturated rings. The van der Waals surface area contributed by atoms with E-state index in [1.54, 1.807) is 50.2 Å². The lowest BCUT2D eigenvalue weighted by atomic mass is 10.1. The molecule has 0 aliphatic rings. The van der Waals surface area contributed by atoms with Crippen LogP contribution in [0.5, 0.6) is 34.5 Å². The normalized spacial score (nSPS) is 10.8. The molecule has 0 unspecified atom stereocenters. The Labute approximate surface area is 331 Å². The monoisotopic (exact) mass is 765 g/mol. The first kappa shape index (κ1) is 43.0. The average molecular weight is 766 g/mol. The molecule has 0 N–H and O–H groups in total. The van der Waals surface area contributed by atoms with E-state index in [0.717, 1.165) is 51.4 Å². The maximum absolute atomic E-state index is 13.0. The molecule has 1 heterocycles. The highest BCUT2D eigenvalue weighted by Gasteiger charge is 2.23. The van der Waals surface area contributed by atoms with Crippen molar-refractivity contribution in [1.82, 2.24) is 15.0 Å². The van der Waals surface area contributed by atoms with Crippen LogP contribution in [0.1, 0.15) is 92.9 Å². The van der Waals surface area contributed by atoms with E-state index in [2.05, 4.69) is 40.9 Å². The SMILES string of the molecule is C=C(C)C(=O)Oc1cc(OCCCC)ccc1-c1nc(-c2ccc(OCCCC)cc2OCCCC)nc(-c2ccc(OCCCC)cc2OC(=O)C(=C)C)n1. The number of esters is 2. The Balaban J connectivity index is 1.99. The zero-order valence-electron chi connectivity index (χ0n) is 33.7. The average Bonchev–Trinajstić information content (AvgIpc) is 3.18. The van der Waals surface area contributed by atoms with E-state index in [-0.39, 0.29) is 40.1 Å². The van der Waals surface area contributed by atoms with Crippen LogP contribution < -0.4 is 28.4 Å². The fourth-order valence-electron chi connectivity index (χ4n) is 5.06.